The predicted molar refractivity (Wildman–Crippen MR) is 163 cm³/mol. The molecule has 0 bridgehead atoms. The zero-order valence-corrected chi connectivity index (χ0v) is 24.4. The molecule has 0 radical (unpaired) electrons. The third-order valence-corrected chi connectivity index (χ3v) is 8.85. The van der Waals surface area contributed by atoms with Crippen LogP contribution in [0.1, 0.15) is 61.1 Å². The van der Waals surface area contributed by atoms with Gasteiger partial charge in [-0.1, -0.05) is 24.3 Å². The van der Waals surface area contributed by atoms with E-state index in [4.69, 9.17) is 4.74 Å². The molecule has 1 aliphatic carbocycles. The SMILES string of the molecule is CN[C@@H](C)C(=O)N[C@H]1CN(C(=O)C2CCOCC2)c2cc(C(C#N)c3c(C4CC4)cnc4ccccc34)ccc2NC1=O. The number of anilines is 2. The Labute approximate surface area is 250 Å². The van der Waals surface area contributed by atoms with E-state index in [1.807, 2.05) is 42.6 Å². The summed E-state index contributed by atoms with van der Waals surface area (Å²) < 4.78 is 5.50. The van der Waals surface area contributed by atoms with E-state index in [0.29, 0.717) is 43.3 Å². The number of carbonyl (C=O) groups excluding carboxylic acids is 3. The number of pyridine rings is 1. The number of carbonyl (C=O) groups is 3. The number of ether oxygens (including phenoxy) is 1. The Morgan fingerprint density at radius 2 is 1.91 bits per heavy atom. The molecule has 43 heavy (non-hydrogen) atoms. The van der Waals surface area contributed by atoms with Gasteiger partial charge in [-0.15, -0.1) is 0 Å². The highest BCUT2D eigenvalue weighted by Gasteiger charge is 2.37. The van der Waals surface area contributed by atoms with E-state index in [0.717, 1.165) is 40.4 Å². The van der Waals surface area contributed by atoms with E-state index < -0.39 is 23.9 Å². The minimum absolute atomic E-state index is 0.0244. The molecule has 3 heterocycles. The van der Waals surface area contributed by atoms with Crippen molar-refractivity contribution in [2.75, 3.05) is 37.0 Å². The van der Waals surface area contributed by atoms with Crippen molar-refractivity contribution in [2.45, 2.75) is 56.5 Å². The molecule has 6 rings (SSSR count). The molecule has 10 heteroatoms. The highest BCUT2D eigenvalue weighted by Crippen LogP contribution is 2.46. The lowest BCUT2D eigenvalue weighted by Gasteiger charge is -2.31. The van der Waals surface area contributed by atoms with Crippen molar-refractivity contribution in [2.24, 2.45) is 5.92 Å². The minimum atomic E-state index is -0.958. The van der Waals surface area contributed by atoms with Gasteiger partial charge in [0.25, 0.3) is 0 Å². The van der Waals surface area contributed by atoms with E-state index in [-0.39, 0.29) is 24.3 Å². The van der Waals surface area contributed by atoms with Crippen molar-refractivity contribution in [1.82, 2.24) is 15.6 Å². The van der Waals surface area contributed by atoms with Crippen LogP contribution in [0.3, 0.4) is 0 Å². The number of nitrogens with zero attached hydrogens (tertiary/aromatic N) is 3. The summed E-state index contributed by atoms with van der Waals surface area (Å²) >= 11 is 0. The van der Waals surface area contributed by atoms with Gasteiger partial charge in [-0.05, 0) is 80.5 Å². The van der Waals surface area contributed by atoms with Crippen LogP contribution in [-0.4, -0.2) is 61.6 Å². The van der Waals surface area contributed by atoms with E-state index in [1.165, 1.54) is 0 Å². The number of likely N-dealkylation sites (N-methyl/N-ethyl adjacent to an activating group) is 1. The molecule has 2 aliphatic heterocycles. The average molecular weight is 581 g/mol. The molecule has 3 aliphatic rings. The Balaban J connectivity index is 1.43. The molecule has 1 aromatic heterocycles. The second kappa shape index (κ2) is 12.1. The first-order valence-corrected chi connectivity index (χ1v) is 15.0. The molecule has 2 aromatic carbocycles. The van der Waals surface area contributed by atoms with Gasteiger partial charge in [0.15, 0.2) is 0 Å². The molecule has 1 saturated heterocycles. The van der Waals surface area contributed by atoms with E-state index in [9.17, 15) is 19.6 Å². The van der Waals surface area contributed by atoms with Gasteiger partial charge in [0.05, 0.1) is 41.5 Å². The van der Waals surface area contributed by atoms with E-state index in [1.54, 1.807) is 24.9 Å². The Morgan fingerprint density at radius 3 is 2.63 bits per heavy atom. The first kappa shape index (κ1) is 28.8. The molecule has 10 nitrogen and oxygen atoms in total. The van der Waals surface area contributed by atoms with E-state index in [2.05, 4.69) is 27.0 Å². The van der Waals surface area contributed by atoms with Gasteiger partial charge >= 0.3 is 0 Å². The van der Waals surface area contributed by atoms with E-state index >= 15 is 0 Å². The molecule has 2 fully saturated rings. The first-order chi connectivity index (χ1) is 20.9. The van der Waals surface area contributed by atoms with Crippen LogP contribution >= 0.6 is 0 Å². The monoisotopic (exact) mass is 580 g/mol. The molecule has 222 valence electrons. The number of hydrogen-bond donors (Lipinski definition) is 3. The number of aromatic nitrogens is 1. The number of hydrogen-bond acceptors (Lipinski definition) is 7. The summed E-state index contributed by atoms with van der Waals surface area (Å²) in [5.74, 6) is -1.38. The highest BCUT2D eigenvalue weighted by atomic mass is 16.5. The summed E-state index contributed by atoms with van der Waals surface area (Å²) in [7, 11) is 1.67. The third kappa shape index (κ3) is 5.70. The third-order valence-electron chi connectivity index (χ3n) is 8.85. The lowest BCUT2D eigenvalue weighted by molar-refractivity contribution is -0.128. The molecule has 3 amide bonds. The van der Waals surface area contributed by atoms with Crippen LogP contribution in [0.15, 0.2) is 48.7 Å². The Kier molecular flexibility index (Phi) is 8.10. The van der Waals surface area contributed by atoms with Gasteiger partial charge in [-0.25, -0.2) is 0 Å². The minimum Gasteiger partial charge on any atom is -0.381 e. The predicted octanol–water partition coefficient (Wildman–Crippen LogP) is 3.57. The number of benzene rings is 2. The van der Waals surface area contributed by atoms with Gasteiger partial charge in [-0.3, -0.25) is 19.4 Å². The maximum absolute atomic E-state index is 14.1. The smallest absolute Gasteiger partial charge is 0.248 e. The fraction of sp³-hybridized carbons (Fsp3) is 0.424. The van der Waals surface area contributed by atoms with Gasteiger partial charge in [0.2, 0.25) is 17.7 Å². The van der Waals surface area contributed by atoms with Gasteiger partial charge < -0.3 is 25.6 Å². The summed E-state index contributed by atoms with van der Waals surface area (Å²) in [5.41, 5.74) is 4.57. The topological polar surface area (TPSA) is 136 Å². The number of amides is 3. The lowest BCUT2D eigenvalue weighted by atomic mass is 9.85. The van der Waals surface area contributed by atoms with Crippen LogP contribution in [0.2, 0.25) is 0 Å². The molecule has 1 unspecified atom stereocenters. The maximum Gasteiger partial charge on any atom is 0.248 e. The van der Waals surface area contributed by atoms with Crippen LogP contribution in [0.25, 0.3) is 10.9 Å². The van der Waals surface area contributed by atoms with Crippen molar-refractivity contribution in [3.8, 4) is 6.07 Å². The van der Waals surface area contributed by atoms with Crippen LogP contribution in [-0.2, 0) is 19.1 Å². The number of nitriles is 1. The second-order valence-corrected chi connectivity index (χ2v) is 11.7. The van der Waals surface area contributed by atoms with Crippen LogP contribution < -0.4 is 20.9 Å². The molecular weight excluding hydrogens is 544 g/mol. The Hall–Kier alpha value is -4.33. The van der Waals surface area contributed by atoms with Crippen molar-refractivity contribution >= 4 is 40.0 Å². The standard InChI is InChI=1S/C33H36N6O4/c1-19(35-2)31(40)38-28-18-39(33(42)21-11-13-43-14-12-21)29-15-22(9-10-27(29)37-32(28)41)24(16-34)30-23-5-3-4-6-26(23)36-17-25(30)20-7-8-20/h3-6,9-10,15,17,19-21,24,28,35H,7-8,11-14,18H2,1-2H3,(H,37,41)(H,38,40)/t19-,24?,28-/m0/s1. The molecular formula is C33H36N6O4. The fourth-order valence-electron chi connectivity index (χ4n) is 6.08. The van der Waals surface area contributed by atoms with Crippen LogP contribution in [0.4, 0.5) is 11.4 Å². The highest BCUT2D eigenvalue weighted by molar-refractivity contribution is 6.07. The zero-order chi connectivity index (χ0) is 30.1. The first-order valence-electron chi connectivity index (χ1n) is 15.0. The molecule has 3 aromatic rings. The molecule has 0 spiro atoms. The number of rotatable bonds is 7. The van der Waals surface area contributed by atoms with Gasteiger partial charge in [-0.2, -0.15) is 5.26 Å². The zero-order valence-electron chi connectivity index (χ0n) is 24.4. The average Bonchev–Trinajstić information content (AvgIpc) is 3.90. The Morgan fingerprint density at radius 1 is 1.14 bits per heavy atom. The lowest BCUT2D eigenvalue weighted by Crippen LogP contribution is -2.54. The summed E-state index contributed by atoms with van der Waals surface area (Å²) in [5, 5.41) is 20.2. The van der Waals surface area contributed by atoms with Gasteiger partial charge in [0.1, 0.15) is 6.04 Å². The van der Waals surface area contributed by atoms with Crippen molar-refractivity contribution < 1.29 is 19.1 Å². The number of nitrogens with one attached hydrogen (secondary N) is 3. The normalized spacial score (nSPS) is 20.3. The summed E-state index contributed by atoms with van der Waals surface area (Å²) in [4.78, 5) is 46.5. The summed E-state index contributed by atoms with van der Waals surface area (Å²) in [6, 6.07) is 14.4. The number of fused-ring (bicyclic) bond motifs is 2. The molecule has 1 saturated carbocycles. The molecule has 3 N–H and O–H groups in total. The van der Waals surface area contributed by atoms with Crippen LogP contribution in [0.5, 0.6) is 0 Å². The van der Waals surface area contributed by atoms with Crippen molar-refractivity contribution in [3.05, 3.63) is 65.4 Å². The van der Waals surface area contributed by atoms with Crippen molar-refractivity contribution in [3.63, 3.8) is 0 Å². The quantitative estimate of drug-likeness (QED) is 0.389. The van der Waals surface area contributed by atoms with Crippen LogP contribution in [0, 0.1) is 17.2 Å². The summed E-state index contributed by atoms with van der Waals surface area (Å²) in [6.07, 6.45) is 5.19. The largest absolute Gasteiger partial charge is 0.381 e. The summed E-state index contributed by atoms with van der Waals surface area (Å²) in [6.45, 7) is 2.66. The second-order valence-electron chi connectivity index (χ2n) is 11.7. The van der Waals surface area contributed by atoms with Crippen molar-refractivity contribution in [1.29, 1.82) is 5.26 Å². The fourth-order valence-corrected chi connectivity index (χ4v) is 6.08. The Bertz CT molecular complexity index is 1610. The number of para-hydroxylation sites is 1. The molecule has 3 atom stereocenters. The maximum atomic E-state index is 14.1. The van der Waals surface area contributed by atoms with Gasteiger partial charge in [0, 0.05) is 30.7 Å².